The average molecular weight is 392 g/mol. The first-order valence-corrected chi connectivity index (χ1v) is 9.54. The molecule has 2 aromatic rings. The van der Waals surface area contributed by atoms with Gasteiger partial charge in [0.15, 0.2) is 0 Å². The summed E-state index contributed by atoms with van der Waals surface area (Å²) in [5, 5.41) is 2.85. The Kier molecular flexibility index (Phi) is 5.12. The van der Waals surface area contributed by atoms with Gasteiger partial charge in [-0.3, -0.25) is 24.1 Å². The maximum absolute atomic E-state index is 12.5. The van der Waals surface area contributed by atoms with Crippen LogP contribution in [0.2, 0.25) is 0 Å². The maximum Gasteiger partial charge on any atom is 0.308 e. The summed E-state index contributed by atoms with van der Waals surface area (Å²) in [7, 11) is 0. The molecule has 7 heteroatoms. The van der Waals surface area contributed by atoms with Gasteiger partial charge in [0.2, 0.25) is 6.10 Å². The zero-order valence-corrected chi connectivity index (χ0v) is 15.7. The SMILES string of the molecule is O=C(CCN1C(=O)c2ccccc2C1=O)O[C@H](C(=O)NC1CC1)c1ccccc1. The average Bonchev–Trinajstić information content (AvgIpc) is 3.52. The van der Waals surface area contributed by atoms with E-state index in [4.69, 9.17) is 4.74 Å². The molecule has 1 aliphatic heterocycles. The Morgan fingerprint density at radius 3 is 2.14 bits per heavy atom. The van der Waals surface area contributed by atoms with E-state index in [2.05, 4.69) is 5.32 Å². The van der Waals surface area contributed by atoms with Crippen molar-refractivity contribution in [3.8, 4) is 0 Å². The smallest absolute Gasteiger partial charge is 0.308 e. The molecule has 7 nitrogen and oxygen atoms in total. The lowest BCUT2D eigenvalue weighted by molar-refractivity contribution is -0.156. The Hall–Kier alpha value is -3.48. The monoisotopic (exact) mass is 392 g/mol. The van der Waals surface area contributed by atoms with Crippen molar-refractivity contribution in [2.45, 2.75) is 31.4 Å². The van der Waals surface area contributed by atoms with Crippen LogP contribution in [0.25, 0.3) is 0 Å². The van der Waals surface area contributed by atoms with Gasteiger partial charge >= 0.3 is 5.97 Å². The van der Waals surface area contributed by atoms with Crippen LogP contribution < -0.4 is 5.32 Å². The summed E-state index contributed by atoms with van der Waals surface area (Å²) in [4.78, 5) is 50.8. The fraction of sp³-hybridized carbons (Fsp3) is 0.273. The van der Waals surface area contributed by atoms with E-state index in [1.165, 1.54) is 0 Å². The third-order valence-corrected chi connectivity index (χ3v) is 4.93. The van der Waals surface area contributed by atoms with Crippen molar-refractivity contribution in [2.24, 2.45) is 0 Å². The van der Waals surface area contributed by atoms with Crippen LogP contribution in [0.3, 0.4) is 0 Å². The van der Waals surface area contributed by atoms with E-state index < -0.39 is 23.9 Å². The lowest BCUT2D eigenvalue weighted by Crippen LogP contribution is -2.35. The zero-order valence-electron chi connectivity index (χ0n) is 15.7. The summed E-state index contributed by atoms with van der Waals surface area (Å²) >= 11 is 0. The molecule has 1 fully saturated rings. The van der Waals surface area contributed by atoms with Crippen molar-refractivity contribution in [2.75, 3.05) is 6.54 Å². The van der Waals surface area contributed by atoms with Gasteiger partial charge < -0.3 is 10.1 Å². The predicted molar refractivity (Wildman–Crippen MR) is 103 cm³/mol. The third kappa shape index (κ3) is 4.03. The van der Waals surface area contributed by atoms with E-state index in [1.807, 2.05) is 6.07 Å². The van der Waals surface area contributed by atoms with E-state index in [1.54, 1.807) is 48.5 Å². The van der Waals surface area contributed by atoms with Crippen molar-refractivity contribution in [1.29, 1.82) is 0 Å². The van der Waals surface area contributed by atoms with Crippen LogP contribution in [0, 0.1) is 0 Å². The summed E-state index contributed by atoms with van der Waals surface area (Å²) < 4.78 is 5.43. The van der Waals surface area contributed by atoms with E-state index >= 15 is 0 Å². The first-order valence-electron chi connectivity index (χ1n) is 9.54. The third-order valence-electron chi connectivity index (χ3n) is 4.93. The summed E-state index contributed by atoms with van der Waals surface area (Å²) in [5.41, 5.74) is 1.23. The van der Waals surface area contributed by atoms with Crippen LogP contribution in [0.4, 0.5) is 0 Å². The number of benzene rings is 2. The number of carbonyl (C=O) groups excluding carboxylic acids is 4. The van der Waals surface area contributed by atoms with Crippen LogP contribution >= 0.6 is 0 Å². The zero-order chi connectivity index (χ0) is 20.4. The summed E-state index contributed by atoms with van der Waals surface area (Å²) in [6.07, 6.45) is 0.583. The molecule has 1 N–H and O–H groups in total. The number of imide groups is 1. The normalized spacial score (nSPS) is 16.3. The number of rotatable bonds is 7. The summed E-state index contributed by atoms with van der Waals surface area (Å²) in [6.45, 7) is -0.100. The molecule has 148 valence electrons. The fourth-order valence-corrected chi connectivity index (χ4v) is 3.24. The van der Waals surface area contributed by atoms with E-state index in [0.29, 0.717) is 16.7 Å². The molecule has 3 amide bonds. The lowest BCUT2D eigenvalue weighted by atomic mass is 10.1. The molecule has 1 atom stereocenters. The van der Waals surface area contributed by atoms with Crippen LogP contribution in [0.5, 0.6) is 0 Å². The van der Waals surface area contributed by atoms with Gasteiger partial charge in [-0.15, -0.1) is 0 Å². The minimum atomic E-state index is -1.06. The molecule has 1 heterocycles. The second-order valence-electron chi connectivity index (χ2n) is 7.12. The molecule has 4 rings (SSSR count). The Bertz CT molecular complexity index is 933. The minimum absolute atomic E-state index is 0.100. The Morgan fingerprint density at radius 1 is 0.966 bits per heavy atom. The van der Waals surface area contributed by atoms with E-state index in [0.717, 1.165) is 17.7 Å². The highest BCUT2D eigenvalue weighted by atomic mass is 16.5. The van der Waals surface area contributed by atoms with Crippen molar-refractivity contribution >= 4 is 23.7 Å². The van der Waals surface area contributed by atoms with E-state index in [-0.39, 0.29) is 24.9 Å². The number of amides is 3. The second kappa shape index (κ2) is 7.87. The number of nitrogens with one attached hydrogen (secondary N) is 1. The number of hydrogen-bond acceptors (Lipinski definition) is 5. The number of hydrogen-bond donors (Lipinski definition) is 1. The van der Waals surface area contributed by atoms with Gasteiger partial charge in [0.05, 0.1) is 17.5 Å². The molecular formula is C22H20N2O5. The maximum atomic E-state index is 12.5. The molecule has 0 unspecified atom stereocenters. The van der Waals surface area contributed by atoms with Gasteiger partial charge in [-0.25, -0.2) is 0 Å². The highest BCUT2D eigenvalue weighted by Crippen LogP contribution is 2.25. The largest absolute Gasteiger partial charge is 0.447 e. The topological polar surface area (TPSA) is 92.8 Å². The summed E-state index contributed by atoms with van der Waals surface area (Å²) in [6, 6.07) is 15.4. The molecule has 29 heavy (non-hydrogen) atoms. The molecule has 1 saturated carbocycles. The Morgan fingerprint density at radius 2 is 1.55 bits per heavy atom. The van der Waals surface area contributed by atoms with Gasteiger partial charge in [-0.2, -0.15) is 0 Å². The predicted octanol–water partition coefficient (Wildman–Crippen LogP) is 2.24. The second-order valence-corrected chi connectivity index (χ2v) is 7.12. The van der Waals surface area contributed by atoms with Crippen molar-refractivity contribution in [3.05, 3.63) is 71.3 Å². The number of fused-ring (bicyclic) bond motifs is 1. The van der Waals surface area contributed by atoms with Gasteiger partial charge in [0.1, 0.15) is 0 Å². The van der Waals surface area contributed by atoms with E-state index in [9.17, 15) is 19.2 Å². The molecule has 0 saturated heterocycles. The molecule has 0 radical (unpaired) electrons. The molecular weight excluding hydrogens is 372 g/mol. The van der Waals surface area contributed by atoms with Crippen LogP contribution in [0.15, 0.2) is 54.6 Å². The number of esters is 1. The highest BCUT2D eigenvalue weighted by molar-refractivity contribution is 6.21. The first-order chi connectivity index (χ1) is 14.0. The first kappa shape index (κ1) is 18.9. The molecule has 2 aliphatic rings. The van der Waals surface area contributed by atoms with Crippen molar-refractivity contribution in [3.63, 3.8) is 0 Å². The molecule has 1 aliphatic carbocycles. The quantitative estimate of drug-likeness (QED) is 0.576. The van der Waals surface area contributed by atoms with Crippen molar-refractivity contribution < 1.29 is 23.9 Å². The van der Waals surface area contributed by atoms with Crippen LogP contribution in [-0.2, 0) is 14.3 Å². The molecule has 0 spiro atoms. The van der Waals surface area contributed by atoms with Crippen LogP contribution in [0.1, 0.15) is 51.6 Å². The van der Waals surface area contributed by atoms with Gasteiger partial charge in [-0.05, 0) is 25.0 Å². The molecule has 0 bridgehead atoms. The number of nitrogens with zero attached hydrogens (tertiary/aromatic N) is 1. The summed E-state index contributed by atoms with van der Waals surface area (Å²) in [5.74, 6) is -1.87. The van der Waals surface area contributed by atoms with Gasteiger partial charge in [0, 0.05) is 18.2 Å². The van der Waals surface area contributed by atoms with Crippen LogP contribution in [-0.4, -0.2) is 41.2 Å². The van der Waals surface area contributed by atoms with Gasteiger partial charge in [-0.1, -0.05) is 42.5 Å². The Balaban J connectivity index is 1.40. The fourth-order valence-electron chi connectivity index (χ4n) is 3.24. The number of ether oxygens (including phenoxy) is 1. The highest BCUT2D eigenvalue weighted by Gasteiger charge is 2.36. The molecule has 0 aromatic heterocycles. The van der Waals surface area contributed by atoms with Crippen molar-refractivity contribution in [1.82, 2.24) is 10.2 Å². The minimum Gasteiger partial charge on any atom is -0.447 e. The lowest BCUT2D eigenvalue weighted by Gasteiger charge is -2.19. The van der Waals surface area contributed by atoms with Gasteiger partial charge in [0.25, 0.3) is 17.7 Å². The standard InChI is InChI=1S/C22H20N2O5/c25-18(12-13-24-21(27)16-8-4-5-9-17(16)22(24)28)29-19(14-6-2-1-3-7-14)20(26)23-15-10-11-15/h1-9,15,19H,10-13H2,(H,23,26)/t19-/m0/s1. The number of carbonyl (C=O) groups is 4. The molecule has 2 aromatic carbocycles. The Labute approximate surface area is 167 Å².